The van der Waals surface area contributed by atoms with E-state index >= 15 is 0 Å². The number of nitriles is 1. The van der Waals surface area contributed by atoms with Crippen LogP contribution in [0.3, 0.4) is 0 Å². The van der Waals surface area contributed by atoms with Crippen molar-refractivity contribution < 1.29 is 14.7 Å². The third-order valence-corrected chi connectivity index (χ3v) is 3.68. The second-order valence-electron chi connectivity index (χ2n) is 5.26. The number of amides is 1. The lowest BCUT2D eigenvalue weighted by molar-refractivity contribution is -0.143. The zero-order valence-corrected chi connectivity index (χ0v) is 11.7. The Kier molecular flexibility index (Phi) is 4.55. The SMILES string of the molecule is CC1CCN(CC(=O)Nc2cccc(C#N)c2)C1C(=O)O. The normalized spacial score (nSPS) is 21.7. The van der Waals surface area contributed by atoms with Gasteiger partial charge in [0.1, 0.15) is 6.04 Å². The number of aliphatic carboxylic acids is 1. The fourth-order valence-electron chi connectivity index (χ4n) is 2.65. The molecule has 0 spiro atoms. The van der Waals surface area contributed by atoms with Crippen LogP contribution in [0, 0.1) is 17.2 Å². The number of hydrogen-bond acceptors (Lipinski definition) is 4. The van der Waals surface area contributed by atoms with Gasteiger partial charge in [-0.1, -0.05) is 13.0 Å². The monoisotopic (exact) mass is 287 g/mol. The number of anilines is 1. The molecule has 2 atom stereocenters. The van der Waals surface area contributed by atoms with Crippen LogP contribution in [0.2, 0.25) is 0 Å². The van der Waals surface area contributed by atoms with E-state index in [0.29, 0.717) is 17.8 Å². The summed E-state index contributed by atoms with van der Waals surface area (Å²) in [6, 6.07) is 8.01. The van der Waals surface area contributed by atoms with Gasteiger partial charge in [0.2, 0.25) is 5.91 Å². The molecular formula is C15H17N3O3. The Bertz CT molecular complexity index is 594. The first kappa shape index (κ1) is 15.0. The van der Waals surface area contributed by atoms with Crippen LogP contribution in [0.15, 0.2) is 24.3 Å². The molecule has 0 saturated carbocycles. The molecule has 1 fully saturated rings. The number of likely N-dealkylation sites (tertiary alicyclic amines) is 1. The van der Waals surface area contributed by atoms with Crippen molar-refractivity contribution in [2.45, 2.75) is 19.4 Å². The molecule has 1 heterocycles. The zero-order chi connectivity index (χ0) is 15.4. The first-order chi connectivity index (χ1) is 10.0. The topological polar surface area (TPSA) is 93.4 Å². The van der Waals surface area contributed by atoms with Crippen molar-refractivity contribution in [3.63, 3.8) is 0 Å². The number of benzene rings is 1. The third kappa shape index (κ3) is 3.58. The summed E-state index contributed by atoms with van der Waals surface area (Å²) in [5.41, 5.74) is 1.00. The summed E-state index contributed by atoms with van der Waals surface area (Å²) in [4.78, 5) is 24.9. The number of carbonyl (C=O) groups excluding carboxylic acids is 1. The minimum atomic E-state index is -0.890. The second kappa shape index (κ2) is 6.37. The van der Waals surface area contributed by atoms with Gasteiger partial charge in [-0.05, 0) is 37.1 Å². The van der Waals surface area contributed by atoms with Crippen LogP contribution in [0.1, 0.15) is 18.9 Å². The summed E-state index contributed by atoms with van der Waals surface area (Å²) in [7, 11) is 0. The smallest absolute Gasteiger partial charge is 0.321 e. The minimum Gasteiger partial charge on any atom is -0.480 e. The van der Waals surface area contributed by atoms with Gasteiger partial charge < -0.3 is 10.4 Å². The zero-order valence-electron chi connectivity index (χ0n) is 11.7. The standard InChI is InChI=1S/C15H17N3O3/c1-10-5-6-18(14(10)15(20)21)9-13(19)17-12-4-2-3-11(7-12)8-16/h2-4,7,10,14H,5-6,9H2,1H3,(H,17,19)(H,20,21). The summed E-state index contributed by atoms with van der Waals surface area (Å²) in [6.45, 7) is 2.52. The molecule has 1 aromatic rings. The number of hydrogen-bond donors (Lipinski definition) is 2. The van der Waals surface area contributed by atoms with E-state index in [1.807, 2.05) is 13.0 Å². The van der Waals surface area contributed by atoms with Gasteiger partial charge in [-0.2, -0.15) is 5.26 Å². The molecule has 21 heavy (non-hydrogen) atoms. The Hall–Kier alpha value is -2.39. The fraction of sp³-hybridized carbons (Fsp3) is 0.400. The van der Waals surface area contributed by atoms with Gasteiger partial charge >= 0.3 is 5.97 Å². The molecule has 1 aliphatic rings. The fourth-order valence-corrected chi connectivity index (χ4v) is 2.65. The predicted molar refractivity (Wildman–Crippen MR) is 76.6 cm³/mol. The van der Waals surface area contributed by atoms with Crippen LogP contribution >= 0.6 is 0 Å². The van der Waals surface area contributed by atoms with Crippen LogP contribution < -0.4 is 5.32 Å². The van der Waals surface area contributed by atoms with Gasteiger partial charge in [0, 0.05) is 5.69 Å². The largest absolute Gasteiger partial charge is 0.480 e. The van der Waals surface area contributed by atoms with E-state index in [1.54, 1.807) is 29.2 Å². The molecule has 1 saturated heterocycles. The Morgan fingerprint density at radius 3 is 2.95 bits per heavy atom. The average molecular weight is 287 g/mol. The van der Waals surface area contributed by atoms with Gasteiger partial charge in [-0.25, -0.2) is 0 Å². The number of carbonyl (C=O) groups is 2. The first-order valence-corrected chi connectivity index (χ1v) is 6.78. The molecule has 0 bridgehead atoms. The summed E-state index contributed by atoms with van der Waals surface area (Å²) in [5, 5.41) is 20.7. The van der Waals surface area contributed by atoms with Crippen LogP contribution in [0.4, 0.5) is 5.69 Å². The Balaban J connectivity index is 1.98. The van der Waals surface area contributed by atoms with E-state index in [9.17, 15) is 14.7 Å². The molecule has 1 aromatic carbocycles. The summed E-state index contributed by atoms with van der Waals surface area (Å²) < 4.78 is 0. The maximum absolute atomic E-state index is 12.0. The molecule has 0 aliphatic carbocycles. The number of nitrogens with one attached hydrogen (secondary N) is 1. The Labute approximate surface area is 123 Å². The van der Waals surface area contributed by atoms with Gasteiger partial charge in [0.25, 0.3) is 0 Å². The van der Waals surface area contributed by atoms with Crippen LogP contribution in [-0.2, 0) is 9.59 Å². The summed E-state index contributed by atoms with van der Waals surface area (Å²) in [5.74, 6) is -1.12. The minimum absolute atomic E-state index is 0.0391. The predicted octanol–water partition coefficient (Wildman–Crippen LogP) is 1.29. The van der Waals surface area contributed by atoms with Crippen molar-refractivity contribution in [1.29, 1.82) is 5.26 Å². The van der Waals surface area contributed by atoms with Crippen LogP contribution in [0.25, 0.3) is 0 Å². The molecule has 0 radical (unpaired) electrons. The Morgan fingerprint density at radius 1 is 1.52 bits per heavy atom. The molecule has 2 N–H and O–H groups in total. The van der Waals surface area contributed by atoms with Crippen LogP contribution in [0.5, 0.6) is 0 Å². The van der Waals surface area contributed by atoms with Crippen molar-refractivity contribution >= 4 is 17.6 Å². The maximum Gasteiger partial charge on any atom is 0.321 e. The molecule has 2 unspecified atom stereocenters. The quantitative estimate of drug-likeness (QED) is 0.870. The van der Waals surface area contributed by atoms with Gasteiger partial charge in [-0.15, -0.1) is 0 Å². The van der Waals surface area contributed by atoms with E-state index in [-0.39, 0.29) is 18.4 Å². The number of carboxylic acid groups (broad SMARTS) is 1. The molecule has 1 amide bonds. The highest BCUT2D eigenvalue weighted by atomic mass is 16.4. The number of nitrogens with zero attached hydrogens (tertiary/aromatic N) is 2. The van der Waals surface area contributed by atoms with Gasteiger partial charge in [0.05, 0.1) is 18.2 Å². The third-order valence-electron chi connectivity index (χ3n) is 3.68. The molecule has 6 nitrogen and oxygen atoms in total. The highest BCUT2D eigenvalue weighted by Gasteiger charge is 2.37. The van der Waals surface area contributed by atoms with E-state index in [0.717, 1.165) is 6.42 Å². The first-order valence-electron chi connectivity index (χ1n) is 6.78. The van der Waals surface area contributed by atoms with Crippen molar-refractivity contribution in [3.8, 4) is 6.07 Å². The van der Waals surface area contributed by atoms with Crippen molar-refractivity contribution in [1.82, 2.24) is 4.90 Å². The van der Waals surface area contributed by atoms with Gasteiger partial charge in [0.15, 0.2) is 0 Å². The molecular weight excluding hydrogens is 270 g/mol. The lowest BCUT2D eigenvalue weighted by atomic mass is 10.0. The molecule has 0 aromatic heterocycles. The second-order valence-corrected chi connectivity index (χ2v) is 5.26. The molecule has 2 rings (SSSR count). The lowest BCUT2D eigenvalue weighted by Crippen LogP contribution is -2.43. The van der Waals surface area contributed by atoms with E-state index in [4.69, 9.17) is 5.26 Å². The Morgan fingerprint density at radius 2 is 2.29 bits per heavy atom. The van der Waals surface area contributed by atoms with Gasteiger partial charge in [-0.3, -0.25) is 14.5 Å². The lowest BCUT2D eigenvalue weighted by Gasteiger charge is -2.22. The van der Waals surface area contributed by atoms with Crippen molar-refractivity contribution in [2.24, 2.45) is 5.92 Å². The molecule has 110 valence electrons. The van der Waals surface area contributed by atoms with Crippen LogP contribution in [-0.4, -0.2) is 41.0 Å². The van der Waals surface area contributed by atoms with Crippen molar-refractivity contribution in [2.75, 3.05) is 18.4 Å². The number of rotatable bonds is 4. The average Bonchev–Trinajstić information content (AvgIpc) is 2.79. The van der Waals surface area contributed by atoms with E-state index in [2.05, 4.69) is 5.32 Å². The van der Waals surface area contributed by atoms with E-state index < -0.39 is 12.0 Å². The van der Waals surface area contributed by atoms with Crippen molar-refractivity contribution in [3.05, 3.63) is 29.8 Å². The number of carboxylic acids is 1. The summed E-state index contributed by atoms with van der Waals surface area (Å²) >= 11 is 0. The molecule has 6 heteroatoms. The highest BCUT2D eigenvalue weighted by Crippen LogP contribution is 2.23. The highest BCUT2D eigenvalue weighted by molar-refractivity contribution is 5.92. The molecule has 1 aliphatic heterocycles. The van der Waals surface area contributed by atoms with E-state index in [1.165, 1.54) is 0 Å². The maximum atomic E-state index is 12.0. The summed E-state index contributed by atoms with van der Waals surface area (Å²) in [6.07, 6.45) is 0.772.